The van der Waals surface area contributed by atoms with Crippen LogP contribution in [0.15, 0.2) is 24.3 Å². The van der Waals surface area contributed by atoms with Crippen molar-refractivity contribution in [3.05, 3.63) is 24.3 Å². The van der Waals surface area contributed by atoms with E-state index in [4.69, 9.17) is 9.47 Å². The predicted molar refractivity (Wildman–Crippen MR) is 118 cm³/mol. The average Bonchev–Trinajstić information content (AvgIpc) is 3.24. The second kappa shape index (κ2) is 9.87. The second-order valence-corrected chi connectivity index (χ2v) is 8.89. The Bertz CT molecular complexity index is 783. The first kappa shape index (κ1) is 21.9. The van der Waals surface area contributed by atoms with Crippen LogP contribution in [-0.2, 0) is 9.53 Å². The molecule has 1 aromatic rings. The zero-order valence-corrected chi connectivity index (χ0v) is 18.5. The molecule has 2 N–H and O–H groups in total. The van der Waals surface area contributed by atoms with Crippen LogP contribution in [0.5, 0.6) is 5.75 Å². The van der Waals surface area contributed by atoms with Gasteiger partial charge in [-0.1, -0.05) is 19.1 Å². The molecule has 4 rings (SSSR count). The van der Waals surface area contributed by atoms with Crippen LogP contribution in [0.2, 0.25) is 0 Å². The number of carbonyl (C=O) groups is 2. The van der Waals surface area contributed by atoms with Gasteiger partial charge >= 0.3 is 6.03 Å². The van der Waals surface area contributed by atoms with Gasteiger partial charge in [-0.15, -0.1) is 0 Å². The number of hydrogen-bond acceptors (Lipinski definition) is 5. The maximum atomic E-state index is 12.7. The van der Waals surface area contributed by atoms with E-state index in [9.17, 15) is 9.59 Å². The van der Waals surface area contributed by atoms with Gasteiger partial charge in [-0.25, -0.2) is 4.79 Å². The van der Waals surface area contributed by atoms with Crippen molar-refractivity contribution in [2.45, 2.75) is 25.8 Å². The van der Waals surface area contributed by atoms with Gasteiger partial charge in [-0.05, 0) is 36.3 Å². The van der Waals surface area contributed by atoms with Crippen LogP contribution in [0.3, 0.4) is 0 Å². The van der Waals surface area contributed by atoms with Crippen LogP contribution < -0.4 is 15.4 Å². The minimum Gasteiger partial charge on any atom is -0.495 e. The van der Waals surface area contributed by atoms with Crippen molar-refractivity contribution in [1.82, 2.24) is 15.1 Å². The lowest BCUT2D eigenvalue weighted by Crippen LogP contribution is -2.44. The number of para-hydroxylation sites is 2. The number of amides is 3. The lowest BCUT2D eigenvalue weighted by atomic mass is 9.88. The Hall–Kier alpha value is -2.32. The number of likely N-dealkylation sites (tertiary alicyclic amines) is 1. The number of carbonyl (C=O) groups excluding carboxylic acids is 2. The molecule has 0 spiro atoms. The van der Waals surface area contributed by atoms with Crippen molar-refractivity contribution in [1.29, 1.82) is 0 Å². The zero-order chi connectivity index (χ0) is 21.8. The number of nitrogens with zero attached hydrogens (tertiary/aromatic N) is 2. The Labute approximate surface area is 184 Å². The predicted octanol–water partition coefficient (Wildman–Crippen LogP) is 2.02. The SMILES string of the molecule is COc1ccccc1NC(=O)NC[C@H]1[C@@H]2CC(=O)N(CCN3CCOCC3)[C@@H]2C[C@@H]1C. The minimum atomic E-state index is -0.242. The molecule has 1 saturated carbocycles. The second-order valence-electron chi connectivity index (χ2n) is 8.89. The molecule has 3 amide bonds. The van der Waals surface area contributed by atoms with Crippen molar-refractivity contribution >= 4 is 17.6 Å². The molecular formula is C23H34N4O4. The molecule has 2 heterocycles. The summed E-state index contributed by atoms with van der Waals surface area (Å²) in [4.78, 5) is 29.7. The number of morpholine rings is 1. The molecule has 4 atom stereocenters. The molecule has 3 aliphatic rings. The molecule has 3 fully saturated rings. The van der Waals surface area contributed by atoms with Gasteiger partial charge in [0.1, 0.15) is 5.75 Å². The van der Waals surface area contributed by atoms with E-state index in [1.54, 1.807) is 7.11 Å². The quantitative estimate of drug-likeness (QED) is 0.692. The summed E-state index contributed by atoms with van der Waals surface area (Å²) in [6.45, 7) is 7.98. The Kier molecular flexibility index (Phi) is 6.97. The first-order chi connectivity index (χ1) is 15.1. The maximum Gasteiger partial charge on any atom is 0.319 e. The molecule has 8 heteroatoms. The summed E-state index contributed by atoms with van der Waals surface area (Å²) >= 11 is 0. The fourth-order valence-electron chi connectivity index (χ4n) is 5.43. The van der Waals surface area contributed by atoms with Crippen molar-refractivity contribution in [3.63, 3.8) is 0 Å². The van der Waals surface area contributed by atoms with Gasteiger partial charge in [0.15, 0.2) is 0 Å². The van der Waals surface area contributed by atoms with E-state index in [0.717, 1.165) is 45.8 Å². The topological polar surface area (TPSA) is 83.1 Å². The van der Waals surface area contributed by atoms with Gasteiger partial charge in [-0.2, -0.15) is 0 Å². The highest BCUT2D eigenvalue weighted by atomic mass is 16.5. The Balaban J connectivity index is 1.30. The molecule has 31 heavy (non-hydrogen) atoms. The highest BCUT2D eigenvalue weighted by Crippen LogP contribution is 2.45. The molecule has 0 unspecified atom stereocenters. The third-order valence-corrected chi connectivity index (χ3v) is 7.13. The lowest BCUT2D eigenvalue weighted by Gasteiger charge is -2.31. The summed E-state index contributed by atoms with van der Waals surface area (Å²) < 4.78 is 10.7. The molecular weight excluding hydrogens is 396 g/mol. The van der Waals surface area contributed by atoms with Crippen LogP contribution >= 0.6 is 0 Å². The first-order valence-corrected chi connectivity index (χ1v) is 11.3. The van der Waals surface area contributed by atoms with E-state index in [-0.39, 0.29) is 11.9 Å². The van der Waals surface area contributed by atoms with Gasteiger partial charge in [0.2, 0.25) is 5.91 Å². The number of methoxy groups -OCH3 is 1. The number of benzene rings is 1. The third kappa shape index (κ3) is 4.96. The monoisotopic (exact) mass is 430 g/mol. The molecule has 8 nitrogen and oxygen atoms in total. The Morgan fingerprint density at radius 2 is 2.00 bits per heavy atom. The number of rotatable bonds is 7. The van der Waals surface area contributed by atoms with Crippen molar-refractivity contribution in [2.75, 3.05) is 58.4 Å². The summed E-state index contributed by atoms with van der Waals surface area (Å²) in [5, 5.41) is 5.89. The summed E-state index contributed by atoms with van der Waals surface area (Å²) in [5.74, 6) is 1.99. The zero-order valence-electron chi connectivity index (χ0n) is 18.5. The fourth-order valence-corrected chi connectivity index (χ4v) is 5.43. The van der Waals surface area contributed by atoms with E-state index in [1.165, 1.54) is 0 Å². The largest absolute Gasteiger partial charge is 0.495 e. The molecule has 0 bridgehead atoms. The van der Waals surface area contributed by atoms with Crippen molar-refractivity contribution in [2.24, 2.45) is 17.8 Å². The molecule has 170 valence electrons. The van der Waals surface area contributed by atoms with Gasteiger partial charge in [0.05, 0.1) is 26.0 Å². The van der Waals surface area contributed by atoms with Gasteiger partial charge < -0.3 is 25.0 Å². The Morgan fingerprint density at radius 1 is 1.23 bits per heavy atom. The molecule has 0 radical (unpaired) electrons. The summed E-state index contributed by atoms with van der Waals surface area (Å²) in [5.41, 5.74) is 0.644. The van der Waals surface area contributed by atoms with Gasteiger partial charge in [0.25, 0.3) is 0 Å². The Morgan fingerprint density at radius 3 is 2.77 bits per heavy atom. The number of hydrogen-bond donors (Lipinski definition) is 2. The number of fused-ring (bicyclic) bond motifs is 1. The molecule has 0 aromatic heterocycles. The summed E-state index contributed by atoms with van der Waals surface area (Å²) in [6, 6.07) is 7.41. The van der Waals surface area contributed by atoms with Crippen molar-refractivity contribution in [3.8, 4) is 5.75 Å². The number of urea groups is 1. The molecule has 1 aromatic carbocycles. The first-order valence-electron chi connectivity index (χ1n) is 11.3. The normalized spacial score (nSPS) is 28.5. The third-order valence-electron chi connectivity index (χ3n) is 7.13. The average molecular weight is 431 g/mol. The number of anilines is 1. The van der Waals surface area contributed by atoms with Crippen molar-refractivity contribution < 1.29 is 19.1 Å². The minimum absolute atomic E-state index is 0.242. The number of ether oxygens (including phenoxy) is 2. The molecule has 1 aliphatic carbocycles. The van der Waals surface area contributed by atoms with E-state index >= 15 is 0 Å². The van der Waals surface area contributed by atoms with Crippen LogP contribution in [0.4, 0.5) is 10.5 Å². The smallest absolute Gasteiger partial charge is 0.319 e. The van der Waals surface area contributed by atoms with Gasteiger partial charge in [0, 0.05) is 45.2 Å². The standard InChI is InChI=1S/C23H34N4O4/c1-16-13-20-17(14-22(28)27(20)8-7-26-9-11-31-12-10-26)18(16)15-24-23(29)25-19-5-3-4-6-21(19)30-2/h3-6,16-18,20H,7-15H2,1-2H3,(H2,24,25,29)/t16-,17-,18+,20+/m0/s1. The summed E-state index contributed by atoms with van der Waals surface area (Å²) in [7, 11) is 1.58. The highest BCUT2D eigenvalue weighted by Gasteiger charge is 2.50. The van der Waals surface area contributed by atoms with Crippen LogP contribution in [0.25, 0.3) is 0 Å². The van der Waals surface area contributed by atoms with Crippen LogP contribution in [0.1, 0.15) is 19.8 Å². The lowest BCUT2D eigenvalue weighted by molar-refractivity contribution is -0.129. The van der Waals surface area contributed by atoms with Gasteiger partial charge in [-0.3, -0.25) is 9.69 Å². The highest BCUT2D eigenvalue weighted by molar-refractivity contribution is 5.90. The fraction of sp³-hybridized carbons (Fsp3) is 0.652. The maximum absolute atomic E-state index is 12.7. The number of nitrogens with one attached hydrogen (secondary N) is 2. The molecule has 2 aliphatic heterocycles. The van der Waals surface area contributed by atoms with E-state index < -0.39 is 0 Å². The van der Waals surface area contributed by atoms with Crippen LogP contribution in [0, 0.1) is 17.8 Å². The van der Waals surface area contributed by atoms with E-state index in [2.05, 4.69) is 27.4 Å². The molecule has 2 saturated heterocycles. The summed E-state index contributed by atoms with van der Waals surface area (Å²) in [6.07, 6.45) is 1.61. The van der Waals surface area contributed by atoms with E-state index in [1.807, 2.05) is 24.3 Å². The van der Waals surface area contributed by atoms with Crippen LogP contribution in [-0.4, -0.2) is 80.8 Å². The van der Waals surface area contributed by atoms with E-state index in [0.29, 0.717) is 48.2 Å².